The average Bonchev–Trinajstić information content (AvgIpc) is 2.55. The Hall–Kier alpha value is -1.44. The van der Waals surface area contributed by atoms with Gasteiger partial charge in [0.05, 0.1) is 5.92 Å². The van der Waals surface area contributed by atoms with Crippen molar-refractivity contribution < 1.29 is 13.2 Å². The van der Waals surface area contributed by atoms with Crippen LogP contribution in [0.4, 0.5) is 5.69 Å². The second kappa shape index (κ2) is 7.63. The van der Waals surface area contributed by atoms with Crippen LogP contribution in [-0.4, -0.2) is 50.1 Å². The number of carbonyl (C=O) groups excluding carboxylic acids is 1. The lowest BCUT2D eigenvalue weighted by Crippen LogP contribution is -2.47. The Morgan fingerprint density at radius 2 is 1.88 bits per heavy atom. The molecule has 1 aliphatic heterocycles. The maximum atomic E-state index is 12.5. The molecule has 1 amide bonds. The van der Waals surface area contributed by atoms with E-state index >= 15 is 0 Å². The zero-order valence-corrected chi connectivity index (χ0v) is 15.6. The fourth-order valence-corrected chi connectivity index (χ4v) is 3.98. The third kappa shape index (κ3) is 4.34. The summed E-state index contributed by atoms with van der Waals surface area (Å²) >= 11 is 0. The largest absolute Gasteiger partial charge is 0.326 e. The average molecular weight is 353 g/mol. The summed E-state index contributed by atoms with van der Waals surface area (Å²) in [6.07, 6.45) is 1.40. The number of carbonyl (C=O) groups is 1. The van der Waals surface area contributed by atoms with Gasteiger partial charge in [0.15, 0.2) is 0 Å². The molecule has 1 aromatic carbocycles. The van der Waals surface area contributed by atoms with Crippen LogP contribution in [0.25, 0.3) is 0 Å². The molecule has 7 heteroatoms. The molecule has 1 aliphatic rings. The van der Waals surface area contributed by atoms with Gasteiger partial charge in [-0.15, -0.1) is 0 Å². The molecular formula is C17H27N3O3S. The van der Waals surface area contributed by atoms with Crippen LogP contribution in [0.15, 0.2) is 24.3 Å². The molecule has 0 bridgehead atoms. The van der Waals surface area contributed by atoms with Gasteiger partial charge in [-0.1, -0.05) is 26.0 Å². The normalized spacial score (nSPS) is 19.7. The molecule has 134 valence electrons. The summed E-state index contributed by atoms with van der Waals surface area (Å²) in [6.45, 7) is 4.94. The number of piperidine rings is 1. The molecule has 0 unspecified atom stereocenters. The number of hydrogen-bond donors (Lipinski definition) is 1. The Bertz CT molecular complexity index is 669. The molecule has 2 rings (SSSR count). The van der Waals surface area contributed by atoms with Crippen molar-refractivity contribution in [3.8, 4) is 0 Å². The number of anilines is 1. The van der Waals surface area contributed by atoms with Crippen molar-refractivity contribution >= 4 is 21.8 Å². The van der Waals surface area contributed by atoms with Crippen LogP contribution in [0.2, 0.25) is 0 Å². The van der Waals surface area contributed by atoms with Crippen molar-refractivity contribution in [2.45, 2.75) is 32.6 Å². The van der Waals surface area contributed by atoms with Gasteiger partial charge in [0, 0.05) is 32.9 Å². The molecule has 6 nitrogen and oxygen atoms in total. The van der Waals surface area contributed by atoms with E-state index in [0.29, 0.717) is 25.3 Å². The van der Waals surface area contributed by atoms with E-state index in [9.17, 15) is 13.2 Å². The van der Waals surface area contributed by atoms with E-state index in [1.54, 1.807) is 0 Å². The minimum atomic E-state index is -3.47. The van der Waals surface area contributed by atoms with Crippen molar-refractivity contribution in [1.82, 2.24) is 8.61 Å². The quantitative estimate of drug-likeness (QED) is 0.883. The highest BCUT2D eigenvalue weighted by molar-refractivity contribution is 7.86. The third-order valence-electron chi connectivity index (χ3n) is 4.39. The molecule has 1 saturated heterocycles. The van der Waals surface area contributed by atoms with Crippen LogP contribution in [0.1, 0.15) is 38.2 Å². The first-order chi connectivity index (χ1) is 11.2. The SMILES string of the molecule is CC(C)c1ccc(NC(=O)[C@@H]2CCCN(S(=O)(=O)N(C)C)C2)cc1. The number of nitrogens with one attached hydrogen (secondary N) is 1. The topological polar surface area (TPSA) is 69.7 Å². The molecule has 1 heterocycles. The summed E-state index contributed by atoms with van der Waals surface area (Å²) in [5.74, 6) is 0.00194. The van der Waals surface area contributed by atoms with Gasteiger partial charge in [0.2, 0.25) is 5.91 Å². The van der Waals surface area contributed by atoms with Gasteiger partial charge in [-0.3, -0.25) is 4.79 Å². The number of nitrogens with zero attached hydrogens (tertiary/aromatic N) is 2. The van der Waals surface area contributed by atoms with E-state index in [-0.39, 0.29) is 18.4 Å². The number of rotatable bonds is 5. The van der Waals surface area contributed by atoms with Crippen LogP contribution >= 0.6 is 0 Å². The molecule has 1 fully saturated rings. The molecule has 24 heavy (non-hydrogen) atoms. The minimum Gasteiger partial charge on any atom is -0.326 e. The van der Waals surface area contributed by atoms with Crippen LogP contribution in [0.5, 0.6) is 0 Å². The van der Waals surface area contributed by atoms with Crippen LogP contribution < -0.4 is 5.32 Å². The Morgan fingerprint density at radius 3 is 2.42 bits per heavy atom. The maximum Gasteiger partial charge on any atom is 0.281 e. The number of benzene rings is 1. The van der Waals surface area contributed by atoms with E-state index in [0.717, 1.165) is 5.69 Å². The second-order valence-corrected chi connectivity index (χ2v) is 8.90. The molecule has 0 aliphatic carbocycles. The first-order valence-corrected chi connectivity index (χ1v) is 9.70. The van der Waals surface area contributed by atoms with Gasteiger partial charge in [-0.2, -0.15) is 17.0 Å². The Labute approximate surface area is 145 Å². The van der Waals surface area contributed by atoms with Crippen molar-refractivity contribution in [1.29, 1.82) is 0 Å². The minimum absolute atomic E-state index is 0.119. The van der Waals surface area contributed by atoms with Crippen molar-refractivity contribution in [3.63, 3.8) is 0 Å². The smallest absolute Gasteiger partial charge is 0.281 e. The van der Waals surface area contributed by atoms with E-state index in [2.05, 4.69) is 19.2 Å². The Morgan fingerprint density at radius 1 is 1.25 bits per heavy atom. The van der Waals surface area contributed by atoms with Crippen LogP contribution in [0, 0.1) is 5.92 Å². The lowest BCUT2D eigenvalue weighted by Gasteiger charge is -2.32. The first kappa shape index (κ1) is 18.9. The Balaban J connectivity index is 2.02. The van der Waals surface area contributed by atoms with Gasteiger partial charge < -0.3 is 5.32 Å². The lowest BCUT2D eigenvalue weighted by atomic mass is 9.98. The second-order valence-electron chi connectivity index (χ2n) is 6.75. The Kier molecular flexibility index (Phi) is 6.01. The predicted octanol–water partition coefficient (Wildman–Crippen LogP) is 2.27. The van der Waals surface area contributed by atoms with Gasteiger partial charge in [-0.05, 0) is 36.5 Å². The zero-order valence-electron chi connectivity index (χ0n) is 14.8. The third-order valence-corrected chi connectivity index (χ3v) is 6.29. The highest BCUT2D eigenvalue weighted by Gasteiger charge is 2.33. The van der Waals surface area contributed by atoms with Gasteiger partial charge >= 0.3 is 0 Å². The molecule has 0 saturated carbocycles. The van der Waals surface area contributed by atoms with E-state index in [4.69, 9.17) is 0 Å². The highest BCUT2D eigenvalue weighted by atomic mass is 32.2. The van der Waals surface area contributed by atoms with Crippen molar-refractivity contribution in [2.24, 2.45) is 5.92 Å². The summed E-state index contributed by atoms with van der Waals surface area (Å²) < 4.78 is 27.1. The zero-order chi connectivity index (χ0) is 17.9. The summed E-state index contributed by atoms with van der Waals surface area (Å²) in [7, 11) is -0.449. The van der Waals surface area contributed by atoms with Gasteiger partial charge in [0.1, 0.15) is 0 Å². The van der Waals surface area contributed by atoms with E-state index in [1.165, 1.54) is 28.3 Å². The van der Waals surface area contributed by atoms with Gasteiger partial charge in [-0.25, -0.2) is 0 Å². The lowest BCUT2D eigenvalue weighted by molar-refractivity contribution is -0.120. The van der Waals surface area contributed by atoms with E-state index in [1.807, 2.05) is 24.3 Å². The predicted molar refractivity (Wildman–Crippen MR) is 96.1 cm³/mol. The highest BCUT2D eigenvalue weighted by Crippen LogP contribution is 2.23. The molecule has 1 aromatic rings. The number of hydrogen-bond acceptors (Lipinski definition) is 3. The summed E-state index contributed by atoms with van der Waals surface area (Å²) in [5, 5.41) is 2.90. The van der Waals surface area contributed by atoms with Crippen LogP contribution in [-0.2, 0) is 15.0 Å². The number of amides is 1. The molecule has 1 atom stereocenters. The molecule has 0 spiro atoms. The van der Waals surface area contributed by atoms with E-state index < -0.39 is 10.2 Å². The standard InChI is InChI=1S/C17H27N3O3S/c1-13(2)14-7-9-16(10-8-14)18-17(21)15-6-5-11-20(12-15)24(22,23)19(3)4/h7-10,13,15H,5-6,11-12H2,1-4H3,(H,18,21)/t15-/m1/s1. The summed E-state index contributed by atoms with van der Waals surface area (Å²) in [4.78, 5) is 12.5. The maximum absolute atomic E-state index is 12.5. The summed E-state index contributed by atoms with van der Waals surface area (Å²) in [5.41, 5.74) is 1.96. The molecule has 0 radical (unpaired) electrons. The van der Waals surface area contributed by atoms with Crippen LogP contribution in [0.3, 0.4) is 0 Å². The summed E-state index contributed by atoms with van der Waals surface area (Å²) in [6, 6.07) is 7.79. The fourth-order valence-electron chi connectivity index (χ4n) is 2.79. The molecule has 0 aromatic heterocycles. The molecular weight excluding hydrogens is 326 g/mol. The first-order valence-electron chi connectivity index (χ1n) is 8.30. The van der Waals surface area contributed by atoms with Crippen molar-refractivity contribution in [3.05, 3.63) is 29.8 Å². The molecule has 1 N–H and O–H groups in total. The monoisotopic (exact) mass is 353 g/mol. The van der Waals surface area contributed by atoms with Crippen molar-refractivity contribution in [2.75, 3.05) is 32.5 Å². The fraction of sp³-hybridized carbons (Fsp3) is 0.588. The van der Waals surface area contributed by atoms with Gasteiger partial charge in [0.25, 0.3) is 10.2 Å².